The molecule has 0 saturated carbocycles. The zero-order chi connectivity index (χ0) is 14.8. The maximum atomic E-state index is 11.0. The average molecular weight is 299 g/mol. The number of amides is 1. The first-order valence-electron chi connectivity index (χ1n) is 6.61. The number of nitrogens with one attached hydrogen (secondary N) is 1. The SMILES string of the molecule is CC(=O)Nc1nc(CN2CC(CO)OC(C)(C)C2)cs1. The average Bonchev–Trinajstić information content (AvgIpc) is 2.73. The number of hydrogen-bond acceptors (Lipinski definition) is 6. The summed E-state index contributed by atoms with van der Waals surface area (Å²) in [6.45, 7) is 7.70. The van der Waals surface area contributed by atoms with Crippen molar-refractivity contribution >= 4 is 22.4 Å². The van der Waals surface area contributed by atoms with Crippen molar-refractivity contribution in [3.8, 4) is 0 Å². The van der Waals surface area contributed by atoms with Crippen molar-refractivity contribution in [1.29, 1.82) is 0 Å². The van der Waals surface area contributed by atoms with Gasteiger partial charge in [0.2, 0.25) is 5.91 Å². The Labute approximate surface area is 122 Å². The van der Waals surface area contributed by atoms with Gasteiger partial charge in [-0.1, -0.05) is 0 Å². The highest BCUT2D eigenvalue weighted by atomic mass is 32.1. The Morgan fingerprint density at radius 1 is 1.70 bits per heavy atom. The summed E-state index contributed by atoms with van der Waals surface area (Å²) >= 11 is 1.42. The largest absolute Gasteiger partial charge is 0.394 e. The number of morpholine rings is 1. The number of thiazole rings is 1. The fraction of sp³-hybridized carbons (Fsp3) is 0.692. The zero-order valence-electron chi connectivity index (χ0n) is 12.0. The zero-order valence-corrected chi connectivity index (χ0v) is 12.9. The summed E-state index contributed by atoms with van der Waals surface area (Å²) < 4.78 is 5.78. The lowest BCUT2D eigenvalue weighted by atomic mass is 10.1. The molecule has 0 aliphatic carbocycles. The lowest BCUT2D eigenvalue weighted by molar-refractivity contribution is -0.150. The molecule has 0 radical (unpaired) electrons. The molecule has 2 heterocycles. The van der Waals surface area contributed by atoms with Gasteiger partial charge in [0.15, 0.2) is 5.13 Å². The van der Waals surface area contributed by atoms with E-state index in [-0.39, 0.29) is 24.2 Å². The molecule has 7 heteroatoms. The van der Waals surface area contributed by atoms with Crippen molar-refractivity contribution in [3.63, 3.8) is 0 Å². The molecule has 1 aromatic heterocycles. The molecule has 1 saturated heterocycles. The summed E-state index contributed by atoms with van der Waals surface area (Å²) in [7, 11) is 0. The number of ether oxygens (including phenoxy) is 1. The molecule has 20 heavy (non-hydrogen) atoms. The minimum Gasteiger partial charge on any atom is -0.394 e. The highest BCUT2D eigenvalue weighted by Gasteiger charge is 2.33. The topological polar surface area (TPSA) is 74.7 Å². The smallest absolute Gasteiger partial charge is 0.223 e. The van der Waals surface area contributed by atoms with Crippen LogP contribution in [0.15, 0.2) is 5.38 Å². The van der Waals surface area contributed by atoms with Crippen LogP contribution in [0, 0.1) is 0 Å². The number of rotatable bonds is 4. The monoisotopic (exact) mass is 299 g/mol. The van der Waals surface area contributed by atoms with Gasteiger partial charge in [0.05, 0.1) is 24.0 Å². The normalized spacial score (nSPS) is 22.7. The molecule has 1 unspecified atom stereocenters. The predicted octanol–water partition coefficient (Wildman–Crippen LogP) is 1.07. The lowest BCUT2D eigenvalue weighted by Crippen LogP contribution is -2.53. The van der Waals surface area contributed by atoms with Gasteiger partial charge in [-0.05, 0) is 13.8 Å². The number of carbonyl (C=O) groups excluding carboxylic acids is 1. The molecule has 0 aromatic carbocycles. The summed E-state index contributed by atoms with van der Waals surface area (Å²) in [5, 5.41) is 14.6. The molecule has 112 valence electrons. The number of aromatic nitrogens is 1. The van der Waals surface area contributed by atoms with Gasteiger partial charge in [0.1, 0.15) is 0 Å². The van der Waals surface area contributed by atoms with Crippen LogP contribution in [-0.2, 0) is 16.1 Å². The van der Waals surface area contributed by atoms with E-state index in [1.807, 2.05) is 19.2 Å². The predicted molar refractivity (Wildman–Crippen MR) is 77.7 cm³/mol. The molecule has 1 atom stereocenters. The molecule has 1 aromatic rings. The molecular weight excluding hydrogens is 278 g/mol. The first kappa shape index (κ1) is 15.4. The van der Waals surface area contributed by atoms with Crippen LogP contribution in [-0.4, -0.2) is 52.3 Å². The highest BCUT2D eigenvalue weighted by molar-refractivity contribution is 7.13. The second kappa shape index (κ2) is 6.17. The summed E-state index contributed by atoms with van der Waals surface area (Å²) in [5.74, 6) is -0.112. The maximum Gasteiger partial charge on any atom is 0.223 e. The summed E-state index contributed by atoms with van der Waals surface area (Å²) in [6.07, 6.45) is -0.160. The minimum atomic E-state index is -0.276. The molecule has 0 spiro atoms. The van der Waals surface area contributed by atoms with Gasteiger partial charge < -0.3 is 15.2 Å². The molecule has 1 aliphatic heterocycles. The van der Waals surface area contributed by atoms with E-state index in [0.717, 1.165) is 12.2 Å². The van der Waals surface area contributed by atoms with Gasteiger partial charge >= 0.3 is 0 Å². The first-order chi connectivity index (χ1) is 9.38. The number of carbonyl (C=O) groups is 1. The van der Waals surface area contributed by atoms with Gasteiger partial charge in [0.25, 0.3) is 0 Å². The van der Waals surface area contributed by atoms with E-state index in [9.17, 15) is 9.90 Å². The van der Waals surface area contributed by atoms with Crippen LogP contribution in [0.3, 0.4) is 0 Å². The second-order valence-corrected chi connectivity index (χ2v) is 6.54. The van der Waals surface area contributed by atoms with E-state index in [1.54, 1.807) is 0 Å². The van der Waals surface area contributed by atoms with Gasteiger partial charge in [-0.15, -0.1) is 11.3 Å². The minimum absolute atomic E-state index is 0.0220. The lowest BCUT2D eigenvalue weighted by Gasteiger charge is -2.42. The standard InChI is InChI=1S/C13H21N3O3S/c1-9(18)14-12-15-10(7-20-12)4-16-5-11(6-17)19-13(2,3)8-16/h7,11,17H,4-6,8H2,1-3H3,(H,14,15,18). The Morgan fingerprint density at radius 2 is 2.45 bits per heavy atom. The fourth-order valence-electron chi connectivity index (χ4n) is 2.45. The Balaban J connectivity index is 1.98. The Hall–Kier alpha value is -1.02. The molecule has 1 fully saturated rings. The van der Waals surface area contributed by atoms with Crippen molar-refractivity contribution in [2.24, 2.45) is 0 Å². The van der Waals surface area contributed by atoms with Crippen LogP contribution in [0.25, 0.3) is 0 Å². The van der Waals surface area contributed by atoms with Gasteiger partial charge in [-0.2, -0.15) is 0 Å². The van der Waals surface area contributed by atoms with E-state index < -0.39 is 0 Å². The third-order valence-corrected chi connectivity index (χ3v) is 3.78. The van der Waals surface area contributed by atoms with Crippen molar-refractivity contribution in [1.82, 2.24) is 9.88 Å². The molecular formula is C13H21N3O3S. The number of hydrogen-bond donors (Lipinski definition) is 2. The van der Waals surface area contributed by atoms with E-state index in [2.05, 4.69) is 15.2 Å². The van der Waals surface area contributed by atoms with Crippen LogP contribution in [0.2, 0.25) is 0 Å². The second-order valence-electron chi connectivity index (χ2n) is 5.68. The Bertz CT molecular complexity index is 475. The summed E-state index contributed by atoms with van der Waals surface area (Å²) in [5.41, 5.74) is 0.649. The Kier molecular flexibility index (Phi) is 4.74. The van der Waals surface area contributed by atoms with Gasteiger partial charge in [0, 0.05) is 31.9 Å². The number of aliphatic hydroxyl groups excluding tert-OH is 1. The molecule has 1 aliphatic rings. The van der Waals surface area contributed by atoms with Crippen molar-refractivity contribution in [2.75, 3.05) is 25.0 Å². The maximum absolute atomic E-state index is 11.0. The molecule has 1 amide bonds. The van der Waals surface area contributed by atoms with E-state index in [1.165, 1.54) is 18.3 Å². The molecule has 2 rings (SSSR count). The highest BCUT2D eigenvalue weighted by Crippen LogP contribution is 2.23. The third-order valence-electron chi connectivity index (χ3n) is 2.98. The fourth-order valence-corrected chi connectivity index (χ4v) is 3.20. The Morgan fingerprint density at radius 3 is 3.10 bits per heavy atom. The number of anilines is 1. The number of nitrogens with zero attached hydrogens (tertiary/aromatic N) is 2. The molecule has 0 bridgehead atoms. The van der Waals surface area contributed by atoms with Crippen molar-refractivity contribution in [3.05, 3.63) is 11.1 Å². The van der Waals surface area contributed by atoms with Gasteiger partial charge in [-0.25, -0.2) is 4.98 Å². The van der Waals surface area contributed by atoms with Crippen LogP contribution in [0.5, 0.6) is 0 Å². The van der Waals surface area contributed by atoms with Crippen LogP contribution < -0.4 is 5.32 Å². The van der Waals surface area contributed by atoms with Crippen molar-refractivity contribution < 1.29 is 14.6 Å². The quantitative estimate of drug-likeness (QED) is 0.870. The van der Waals surface area contributed by atoms with E-state index in [4.69, 9.17) is 4.74 Å². The first-order valence-corrected chi connectivity index (χ1v) is 7.49. The van der Waals surface area contributed by atoms with Gasteiger partial charge in [-0.3, -0.25) is 9.69 Å². The molecule has 2 N–H and O–H groups in total. The molecule has 6 nitrogen and oxygen atoms in total. The third kappa shape index (κ3) is 4.24. The van der Waals surface area contributed by atoms with Crippen LogP contribution in [0.1, 0.15) is 26.5 Å². The van der Waals surface area contributed by atoms with Crippen LogP contribution >= 0.6 is 11.3 Å². The number of aliphatic hydroxyl groups is 1. The van der Waals surface area contributed by atoms with E-state index >= 15 is 0 Å². The van der Waals surface area contributed by atoms with Crippen LogP contribution in [0.4, 0.5) is 5.13 Å². The van der Waals surface area contributed by atoms with Crippen molar-refractivity contribution in [2.45, 2.75) is 39.0 Å². The summed E-state index contributed by atoms with van der Waals surface area (Å²) in [4.78, 5) is 17.6. The summed E-state index contributed by atoms with van der Waals surface area (Å²) in [6, 6.07) is 0. The van der Waals surface area contributed by atoms with E-state index in [0.29, 0.717) is 18.2 Å².